The first-order valence-electron chi connectivity index (χ1n) is 10.3. The van der Waals surface area contributed by atoms with Crippen molar-refractivity contribution in [3.8, 4) is 22.6 Å². The maximum absolute atomic E-state index is 13.1. The molecule has 0 radical (unpaired) electrons. The van der Waals surface area contributed by atoms with Gasteiger partial charge in [-0.1, -0.05) is 97.1 Å². The van der Waals surface area contributed by atoms with E-state index in [0.717, 1.165) is 16.7 Å². The number of carbonyl (C=O) groups excluding carboxylic acids is 1. The van der Waals surface area contributed by atoms with Gasteiger partial charge in [0.25, 0.3) is 0 Å². The molecule has 4 aromatic rings. The molecule has 0 spiro atoms. The summed E-state index contributed by atoms with van der Waals surface area (Å²) in [4.78, 5) is 17.8. The third-order valence-electron chi connectivity index (χ3n) is 5.14. The largest absolute Gasteiger partial charge is 0.459 e. The summed E-state index contributed by atoms with van der Waals surface area (Å²) in [7, 11) is 0. The molecule has 3 aromatic carbocycles. The average Bonchev–Trinajstić information content (AvgIpc) is 3.31. The third kappa shape index (κ3) is 4.38. The smallest absolute Gasteiger partial charge is 0.336 e. The molecule has 0 bridgehead atoms. The number of nitrogens with two attached hydrogens (primary N) is 1. The second-order valence-corrected chi connectivity index (χ2v) is 7.45. The SMILES string of the molecule is C=CC[C@](N)(C(=O)OCc1ccccc1)c1nc(-c2ccccc2)c(-c2ccccc2)o1. The molecule has 5 nitrogen and oxygen atoms in total. The number of aromatic nitrogens is 1. The molecule has 4 rings (SSSR count). The normalized spacial score (nSPS) is 12.7. The van der Waals surface area contributed by atoms with Crippen LogP contribution in [0.3, 0.4) is 0 Å². The van der Waals surface area contributed by atoms with Crippen LogP contribution >= 0.6 is 0 Å². The minimum Gasteiger partial charge on any atom is -0.459 e. The Morgan fingerprint density at radius 1 is 0.938 bits per heavy atom. The van der Waals surface area contributed by atoms with Gasteiger partial charge < -0.3 is 14.9 Å². The van der Waals surface area contributed by atoms with Crippen molar-refractivity contribution in [2.24, 2.45) is 5.73 Å². The summed E-state index contributed by atoms with van der Waals surface area (Å²) >= 11 is 0. The predicted molar refractivity (Wildman–Crippen MR) is 124 cm³/mol. The van der Waals surface area contributed by atoms with Crippen molar-refractivity contribution in [2.45, 2.75) is 18.6 Å². The zero-order valence-electron chi connectivity index (χ0n) is 17.6. The minimum atomic E-state index is -1.60. The van der Waals surface area contributed by atoms with Crippen LogP contribution in [-0.4, -0.2) is 11.0 Å². The van der Waals surface area contributed by atoms with Gasteiger partial charge in [0, 0.05) is 17.5 Å². The Morgan fingerprint density at radius 3 is 2.09 bits per heavy atom. The molecule has 0 saturated heterocycles. The lowest BCUT2D eigenvalue weighted by atomic mass is 9.96. The summed E-state index contributed by atoms with van der Waals surface area (Å²) in [6.45, 7) is 3.86. The number of benzene rings is 3. The number of carbonyl (C=O) groups is 1. The Labute approximate surface area is 187 Å². The fourth-order valence-electron chi connectivity index (χ4n) is 3.43. The van der Waals surface area contributed by atoms with Crippen LogP contribution in [0, 0.1) is 0 Å². The molecule has 1 aromatic heterocycles. The van der Waals surface area contributed by atoms with Gasteiger partial charge in [-0.3, -0.25) is 0 Å². The van der Waals surface area contributed by atoms with Crippen molar-refractivity contribution in [1.82, 2.24) is 4.98 Å². The van der Waals surface area contributed by atoms with Gasteiger partial charge in [0.1, 0.15) is 12.3 Å². The van der Waals surface area contributed by atoms with E-state index in [2.05, 4.69) is 11.6 Å². The fourth-order valence-corrected chi connectivity index (χ4v) is 3.43. The molecule has 160 valence electrons. The fraction of sp³-hybridized carbons (Fsp3) is 0.111. The van der Waals surface area contributed by atoms with Crippen LogP contribution in [0.15, 0.2) is 108 Å². The van der Waals surface area contributed by atoms with E-state index in [-0.39, 0.29) is 18.9 Å². The van der Waals surface area contributed by atoms with Gasteiger partial charge in [0.2, 0.25) is 5.89 Å². The highest BCUT2D eigenvalue weighted by Gasteiger charge is 2.42. The Bertz CT molecular complexity index is 1130. The van der Waals surface area contributed by atoms with Crippen LogP contribution < -0.4 is 5.73 Å². The predicted octanol–water partition coefficient (Wildman–Crippen LogP) is 5.48. The minimum absolute atomic E-state index is 0.0909. The van der Waals surface area contributed by atoms with Crippen molar-refractivity contribution in [3.63, 3.8) is 0 Å². The van der Waals surface area contributed by atoms with E-state index in [4.69, 9.17) is 14.9 Å². The lowest BCUT2D eigenvalue weighted by Crippen LogP contribution is -2.46. The van der Waals surface area contributed by atoms with Crippen LogP contribution in [-0.2, 0) is 21.7 Å². The number of ether oxygens (including phenoxy) is 1. The number of rotatable bonds is 8. The number of oxazole rings is 1. The van der Waals surface area contributed by atoms with E-state index in [0.29, 0.717) is 11.5 Å². The first-order valence-corrected chi connectivity index (χ1v) is 10.3. The van der Waals surface area contributed by atoms with Gasteiger partial charge in [-0.15, -0.1) is 6.58 Å². The van der Waals surface area contributed by atoms with Gasteiger partial charge >= 0.3 is 5.97 Å². The highest BCUT2D eigenvalue weighted by molar-refractivity contribution is 5.83. The van der Waals surface area contributed by atoms with Crippen molar-refractivity contribution in [3.05, 3.63) is 115 Å². The second kappa shape index (κ2) is 9.45. The molecule has 1 atom stereocenters. The maximum atomic E-state index is 13.1. The van der Waals surface area contributed by atoms with Crippen LogP contribution in [0.4, 0.5) is 0 Å². The first-order chi connectivity index (χ1) is 15.6. The molecule has 0 aliphatic rings. The van der Waals surface area contributed by atoms with Crippen LogP contribution in [0.25, 0.3) is 22.6 Å². The molecule has 0 unspecified atom stereocenters. The number of esters is 1. The van der Waals surface area contributed by atoms with Crippen LogP contribution in [0.2, 0.25) is 0 Å². The molecule has 5 heteroatoms. The quantitative estimate of drug-likeness (QED) is 0.299. The van der Waals surface area contributed by atoms with Gasteiger partial charge in [-0.25, -0.2) is 9.78 Å². The van der Waals surface area contributed by atoms with Crippen molar-refractivity contribution in [1.29, 1.82) is 0 Å². The lowest BCUT2D eigenvalue weighted by molar-refractivity contribution is -0.152. The average molecular weight is 425 g/mol. The van der Waals surface area contributed by atoms with Crippen molar-refractivity contribution in [2.75, 3.05) is 0 Å². The summed E-state index contributed by atoms with van der Waals surface area (Å²) < 4.78 is 11.7. The number of nitrogens with zero attached hydrogens (tertiary/aromatic N) is 1. The van der Waals surface area contributed by atoms with Gasteiger partial charge in [0.15, 0.2) is 11.3 Å². The summed E-state index contributed by atoms with van der Waals surface area (Å²) in [5, 5.41) is 0. The third-order valence-corrected chi connectivity index (χ3v) is 5.14. The summed E-state index contributed by atoms with van der Waals surface area (Å²) in [5.74, 6) is 0.0106. The molecule has 32 heavy (non-hydrogen) atoms. The van der Waals surface area contributed by atoms with E-state index in [1.807, 2.05) is 91.0 Å². The molecule has 0 fully saturated rings. The molecule has 0 aliphatic carbocycles. The topological polar surface area (TPSA) is 78.4 Å². The molecule has 0 amide bonds. The molecule has 0 saturated carbocycles. The number of hydrogen-bond acceptors (Lipinski definition) is 5. The molecule has 2 N–H and O–H groups in total. The number of hydrogen-bond donors (Lipinski definition) is 1. The Kier molecular flexibility index (Phi) is 6.29. The standard InChI is InChI=1S/C27H24N2O3/c1-2-18-27(28,26(30)31-19-20-12-6-3-7-13-20)25-29-23(21-14-8-4-9-15-21)24(32-25)22-16-10-5-11-17-22/h2-17H,1,18-19,28H2/t27-/m1/s1. The molecular weight excluding hydrogens is 400 g/mol. The van der Waals surface area contributed by atoms with Crippen molar-refractivity contribution < 1.29 is 13.9 Å². The van der Waals surface area contributed by atoms with Crippen LogP contribution in [0.5, 0.6) is 0 Å². The molecular formula is C27H24N2O3. The zero-order chi connectivity index (χ0) is 22.4. The van der Waals surface area contributed by atoms with E-state index in [9.17, 15) is 4.79 Å². The zero-order valence-corrected chi connectivity index (χ0v) is 17.6. The first kappa shape index (κ1) is 21.3. The van der Waals surface area contributed by atoms with Gasteiger partial charge in [-0.05, 0) is 5.56 Å². The van der Waals surface area contributed by atoms with E-state index >= 15 is 0 Å². The van der Waals surface area contributed by atoms with Gasteiger partial charge in [0.05, 0.1) is 0 Å². The van der Waals surface area contributed by atoms with Crippen molar-refractivity contribution >= 4 is 5.97 Å². The Hall–Kier alpha value is -3.96. The second-order valence-electron chi connectivity index (χ2n) is 7.45. The highest BCUT2D eigenvalue weighted by Crippen LogP contribution is 2.36. The highest BCUT2D eigenvalue weighted by atomic mass is 16.5. The van der Waals surface area contributed by atoms with E-state index < -0.39 is 11.5 Å². The van der Waals surface area contributed by atoms with E-state index in [1.165, 1.54) is 0 Å². The van der Waals surface area contributed by atoms with Crippen LogP contribution in [0.1, 0.15) is 17.9 Å². The Morgan fingerprint density at radius 2 is 1.50 bits per heavy atom. The van der Waals surface area contributed by atoms with E-state index in [1.54, 1.807) is 6.08 Å². The summed E-state index contributed by atoms with van der Waals surface area (Å²) in [6, 6.07) is 28.7. The Balaban J connectivity index is 1.74. The summed E-state index contributed by atoms with van der Waals surface area (Å²) in [6.07, 6.45) is 1.68. The maximum Gasteiger partial charge on any atom is 0.336 e. The lowest BCUT2D eigenvalue weighted by Gasteiger charge is -2.22. The summed E-state index contributed by atoms with van der Waals surface area (Å²) in [5.41, 5.74) is 8.15. The molecule has 1 heterocycles. The van der Waals surface area contributed by atoms with Gasteiger partial charge in [-0.2, -0.15) is 0 Å². The molecule has 0 aliphatic heterocycles. The monoisotopic (exact) mass is 424 g/mol.